The van der Waals surface area contributed by atoms with Crippen molar-refractivity contribution in [2.75, 3.05) is 31.3 Å². The SMILES string of the molecule is Cc1ccc(CN)c(N2CCOCC2CO)c1. The average molecular weight is 236 g/mol. The number of anilines is 1. The molecule has 1 unspecified atom stereocenters. The standard InChI is InChI=1S/C13H20N2O2/c1-10-2-3-11(7-14)13(6-10)15-4-5-17-9-12(15)8-16/h2-3,6,12,16H,4-5,7-9,14H2,1H3. The smallest absolute Gasteiger partial charge is 0.0755 e. The Balaban J connectivity index is 2.33. The minimum absolute atomic E-state index is 0.0378. The van der Waals surface area contributed by atoms with E-state index in [1.165, 1.54) is 5.56 Å². The molecule has 0 radical (unpaired) electrons. The van der Waals surface area contributed by atoms with E-state index in [2.05, 4.69) is 30.0 Å². The maximum Gasteiger partial charge on any atom is 0.0755 e. The van der Waals surface area contributed by atoms with Gasteiger partial charge in [0, 0.05) is 18.8 Å². The molecule has 4 heteroatoms. The second kappa shape index (κ2) is 5.49. The summed E-state index contributed by atoms with van der Waals surface area (Å²) in [6.07, 6.45) is 0. The Morgan fingerprint density at radius 1 is 1.53 bits per heavy atom. The molecule has 0 bridgehead atoms. The summed E-state index contributed by atoms with van der Waals surface area (Å²) in [5, 5.41) is 9.40. The van der Waals surface area contributed by atoms with Gasteiger partial charge < -0.3 is 20.5 Å². The number of rotatable bonds is 3. The van der Waals surface area contributed by atoms with Crippen LogP contribution in [0.4, 0.5) is 5.69 Å². The van der Waals surface area contributed by atoms with Crippen LogP contribution >= 0.6 is 0 Å². The maximum atomic E-state index is 9.40. The number of aryl methyl sites for hydroxylation is 1. The van der Waals surface area contributed by atoms with Crippen molar-refractivity contribution in [1.82, 2.24) is 0 Å². The number of hydrogen-bond donors (Lipinski definition) is 2. The minimum Gasteiger partial charge on any atom is -0.394 e. The quantitative estimate of drug-likeness (QED) is 0.809. The number of hydrogen-bond acceptors (Lipinski definition) is 4. The molecule has 4 nitrogen and oxygen atoms in total. The van der Waals surface area contributed by atoms with Gasteiger partial charge in [-0.05, 0) is 24.1 Å². The molecule has 1 aromatic rings. The van der Waals surface area contributed by atoms with E-state index in [9.17, 15) is 5.11 Å². The molecule has 0 amide bonds. The third-order valence-electron chi connectivity index (χ3n) is 3.21. The summed E-state index contributed by atoms with van der Waals surface area (Å²) >= 11 is 0. The number of ether oxygens (including phenoxy) is 1. The monoisotopic (exact) mass is 236 g/mol. The Kier molecular flexibility index (Phi) is 3.99. The first-order chi connectivity index (χ1) is 8.26. The molecule has 1 heterocycles. The average Bonchev–Trinajstić information content (AvgIpc) is 2.38. The lowest BCUT2D eigenvalue weighted by atomic mass is 10.1. The molecule has 1 aromatic carbocycles. The topological polar surface area (TPSA) is 58.7 Å². The fourth-order valence-corrected chi connectivity index (χ4v) is 2.24. The van der Waals surface area contributed by atoms with Crippen molar-refractivity contribution < 1.29 is 9.84 Å². The van der Waals surface area contributed by atoms with Crippen molar-refractivity contribution >= 4 is 5.69 Å². The number of nitrogens with zero attached hydrogens (tertiary/aromatic N) is 1. The van der Waals surface area contributed by atoms with E-state index in [0.29, 0.717) is 19.8 Å². The fraction of sp³-hybridized carbons (Fsp3) is 0.538. The van der Waals surface area contributed by atoms with E-state index in [1.54, 1.807) is 0 Å². The Morgan fingerprint density at radius 3 is 3.06 bits per heavy atom. The molecule has 1 aliphatic rings. The molecule has 94 valence electrons. The van der Waals surface area contributed by atoms with Gasteiger partial charge in [-0.25, -0.2) is 0 Å². The van der Waals surface area contributed by atoms with Crippen molar-refractivity contribution in [3.63, 3.8) is 0 Å². The van der Waals surface area contributed by atoms with Crippen LogP contribution < -0.4 is 10.6 Å². The summed E-state index contributed by atoms with van der Waals surface area (Å²) in [6, 6.07) is 6.31. The molecule has 0 spiro atoms. The Morgan fingerprint density at radius 2 is 2.35 bits per heavy atom. The summed E-state index contributed by atoms with van der Waals surface area (Å²) in [5.41, 5.74) is 9.24. The maximum absolute atomic E-state index is 9.40. The number of nitrogens with two attached hydrogens (primary N) is 1. The van der Waals surface area contributed by atoms with Crippen LogP contribution in [0, 0.1) is 6.92 Å². The number of aliphatic hydroxyl groups excluding tert-OH is 1. The molecule has 1 aliphatic heterocycles. The van der Waals surface area contributed by atoms with Crippen LogP contribution in [0.15, 0.2) is 18.2 Å². The van der Waals surface area contributed by atoms with Gasteiger partial charge >= 0.3 is 0 Å². The van der Waals surface area contributed by atoms with Gasteiger partial charge in [0.05, 0.1) is 25.9 Å². The summed E-state index contributed by atoms with van der Waals surface area (Å²) in [7, 11) is 0. The van der Waals surface area contributed by atoms with Crippen LogP contribution in [0.25, 0.3) is 0 Å². The predicted octanol–water partition coefficient (Wildman–Crippen LogP) is 0.651. The first-order valence-corrected chi connectivity index (χ1v) is 6.01. The van der Waals surface area contributed by atoms with Gasteiger partial charge in [-0.1, -0.05) is 12.1 Å². The normalized spacial score (nSPS) is 20.6. The molecule has 0 aliphatic carbocycles. The van der Waals surface area contributed by atoms with Gasteiger partial charge in [0.15, 0.2) is 0 Å². The highest BCUT2D eigenvalue weighted by Crippen LogP contribution is 2.25. The van der Waals surface area contributed by atoms with Gasteiger partial charge in [-0.3, -0.25) is 0 Å². The molecular formula is C13H20N2O2. The first-order valence-electron chi connectivity index (χ1n) is 6.01. The third kappa shape index (κ3) is 2.60. The van der Waals surface area contributed by atoms with Gasteiger partial charge in [0.2, 0.25) is 0 Å². The Hall–Kier alpha value is -1.10. The molecule has 17 heavy (non-hydrogen) atoms. The van der Waals surface area contributed by atoms with Crippen LogP contribution in [-0.4, -0.2) is 37.5 Å². The lowest BCUT2D eigenvalue weighted by molar-refractivity contribution is 0.0726. The minimum atomic E-state index is 0.0378. The molecule has 0 saturated carbocycles. The van der Waals surface area contributed by atoms with E-state index in [1.807, 2.05) is 0 Å². The largest absolute Gasteiger partial charge is 0.394 e. The molecule has 1 saturated heterocycles. The molecule has 0 aromatic heterocycles. The van der Waals surface area contributed by atoms with Crippen molar-refractivity contribution in [2.45, 2.75) is 19.5 Å². The van der Waals surface area contributed by atoms with Crippen LogP contribution in [0.1, 0.15) is 11.1 Å². The van der Waals surface area contributed by atoms with Crippen molar-refractivity contribution in [3.8, 4) is 0 Å². The predicted molar refractivity (Wildman–Crippen MR) is 68.1 cm³/mol. The first kappa shape index (κ1) is 12.4. The summed E-state index contributed by atoms with van der Waals surface area (Å²) < 4.78 is 5.40. The van der Waals surface area contributed by atoms with E-state index >= 15 is 0 Å². The van der Waals surface area contributed by atoms with Crippen LogP contribution in [0.3, 0.4) is 0 Å². The van der Waals surface area contributed by atoms with E-state index in [4.69, 9.17) is 10.5 Å². The zero-order valence-electron chi connectivity index (χ0n) is 10.2. The van der Waals surface area contributed by atoms with Crippen molar-refractivity contribution in [1.29, 1.82) is 0 Å². The lowest BCUT2D eigenvalue weighted by Crippen LogP contribution is -2.48. The molecule has 1 atom stereocenters. The zero-order valence-corrected chi connectivity index (χ0v) is 10.2. The van der Waals surface area contributed by atoms with Crippen molar-refractivity contribution in [3.05, 3.63) is 29.3 Å². The highest BCUT2D eigenvalue weighted by atomic mass is 16.5. The Labute approximate surface area is 102 Å². The molecule has 3 N–H and O–H groups in total. The Bertz CT molecular complexity index is 382. The number of aliphatic hydroxyl groups is 1. The van der Waals surface area contributed by atoms with Gasteiger partial charge in [0.1, 0.15) is 0 Å². The van der Waals surface area contributed by atoms with E-state index in [-0.39, 0.29) is 12.6 Å². The van der Waals surface area contributed by atoms with Gasteiger partial charge in [-0.15, -0.1) is 0 Å². The van der Waals surface area contributed by atoms with E-state index in [0.717, 1.165) is 17.8 Å². The van der Waals surface area contributed by atoms with E-state index < -0.39 is 0 Å². The third-order valence-corrected chi connectivity index (χ3v) is 3.21. The highest BCUT2D eigenvalue weighted by Gasteiger charge is 2.24. The van der Waals surface area contributed by atoms with Crippen LogP contribution in [-0.2, 0) is 11.3 Å². The number of morpholine rings is 1. The summed E-state index contributed by atoms with van der Waals surface area (Å²) in [5.74, 6) is 0. The molecule has 2 rings (SSSR count). The lowest BCUT2D eigenvalue weighted by Gasteiger charge is -2.37. The second-order valence-corrected chi connectivity index (χ2v) is 4.44. The molecule has 1 fully saturated rings. The molecular weight excluding hydrogens is 216 g/mol. The summed E-state index contributed by atoms with van der Waals surface area (Å²) in [4.78, 5) is 2.21. The summed E-state index contributed by atoms with van der Waals surface area (Å²) in [6.45, 7) is 4.78. The van der Waals surface area contributed by atoms with Crippen LogP contribution in [0.5, 0.6) is 0 Å². The van der Waals surface area contributed by atoms with Gasteiger partial charge in [-0.2, -0.15) is 0 Å². The fourth-order valence-electron chi connectivity index (χ4n) is 2.24. The zero-order chi connectivity index (χ0) is 12.3. The van der Waals surface area contributed by atoms with Gasteiger partial charge in [0.25, 0.3) is 0 Å². The van der Waals surface area contributed by atoms with Crippen molar-refractivity contribution in [2.24, 2.45) is 5.73 Å². The second-order valence-electron chi connectivity index (χ2n) is 4.44. The highest BCUT2D eigenvalue weighted by molar-refractivity contribution is 5.56. The number of benzene rings is 1. The van der Waals surface area contributed by atoms with Crippen LogP contribution in [0.2, 0.25) is 0 Å².